The lowest BCUT2D eigenvalue weighted by atomic mass is 10.2. The van der Waals surface area contributed by atoms with Gasteiger partial charge in [0, 0.05) is 5.02 Å². The highest BCUT2D eigenvalue weighted by Gasteiger charge is 2.37. The number of fused-ring (bicyclic) bond motifs is 1. The molecule has 0 aliphatic rings. The SMILES string of the molecule is CC(C)(C)[Si](C)(C)OCC(O)Cn1nc2ccc(Cl)cc2n1. The predicted octanol–water partition coefficient (Wildman–Crippen LogP) is 3.47. The molecule has 2 rings (SSSR count). The number of nitrogens with zero attached hydrogens (tertiary/aromatic N) is 3. The fourth-order valence-electron chi connectivity index (χ4n) is 1.78. The van der Waals surface area contributed by atoms with Gasteiger partial charge < -0.3 is 9.53 Å². The summed E-state index contributed by atoms with van der Waals surface area (Å²) in [6, 6.07) is 5.36. The van der Waals surface area contributed by atoms with E-state index in [9.17, 15) is 5.11 Å². The molecule has 2 aromatic rings. The van der Waals surface area contributed by atoms with Crippen LogP contribution in [0.1, 0.15) is 20.8 Å². The first-order chi connectivity index (χ1) is 10.1. The Bertz CT molecular complexity index is 652. The molecule has 7 heteroatoms. The minimum absolute atomic E-state index is 0.127. The Labute approximate surface area is 137 Å². The Kier molecular flexibility index (Phi) is 4.96. The van der Waals surface area contributed by atoms with E-state index in [-0.39, 0.29) is 5.04 Å². The molecule has 0 radical (unpaired) electrons. The lowest BCUT2D eigenvalue weighted by Gasteiger charge is -2.36. The summed E-state index contributed by atoms with van der Waals surface area (Å²) in [7, 11) is -1.85. The van der Waals surface area contributed by atoms with Gasteiger partial charge in [-0.05, 0) is 36.3 Å². The second-order valence-electron chi connectivity index (χ2n) is 7.11. The zero-order valence-corrected chi connectivity index (χ0v) is 15.6. The van der Waals surface area contributed by atoms with Crippen LogP contribution in [-0.2, 0) is 11.0 Å². The van der Waals surface area contributed by atoms with Crippen LogP contribution in [0.25, 0.3) is 11.0 Å². The molecule has 0 aliphatic heterocycles. The first-order valence-corrected chi connectivity index (χ1v) is 10.7. The van der Waals surface area contributed by atoms with E-state index in [0.717, 1.165) is 11.0 Å². The van der Waals surface area contributed by atoms with E-state index in [4.69, 9.17) is 16.0 Å². The molecule has 0 saturated heterocycles. The third-order valence-corrected chi connectivity index (χ3v) is 8.94. The molecule has 1 aromatic carbocycles. The van der Waals surface area contributed by atoms with Crippen LogP contribution in [0.3, 0.4) is 0 Å². The van der Waals surface area contributed by atoms with Gasteiger partial charge in [0.2, 0.25) is 0 Å². The summed E-state index contributed by atoms with van der Waals surface area (Å²) in [6.45, 7) is 11.5. The molecule has 1 aromatic heterocycles. The average molecular weight is 342 g/mol. The standard InChI is InChI=1S/C15H24ClN3O2Si/c1-15(2,3)22(4,5)21-10-12(20)9-19-17-13-7-6-11(16)8-14(13)18-19/h6-8,12,20H,9-10H2,1-5H3. The minimum Gasteiger partial charge on any atom is -0.414 e. The highest BCUT2D eigenvalue weighted by Crippen LogP contribution is 2.36. The summed E-state index contributed by atoms with van der Waals surface area (Å²) in [4.78, 5) is 1.50. The molecule has 1 atom stereocenters. The maximum absolute atomic E-state index is 10.2. The van der Waals surface area contributed by atoms with E-state index >= 15 is 0 Å². The Hall–Kier alpha value is -0.953. The van der Waals surface area contributed by atoms with Crippen LogP contribution in [0, 0.1) is 0 Å². The zero-order chi connectivity index (χ0) is 16.5. The Morgan fingerprint density at radius 3 is 2.55 bits per heavy atom. The number of rotatable bonds is 5. The van der Waals surface area contributed by atoms with Gasteiger partial charge in [-0.2, -0.15) is 15.0 Å². The number of benzene rings is 1. The molecule has 1 heterocycles. The van der Waals surface area contributed by atoms with Gasteiger partial charge in [-0.3, -0.25) is 0 Å². The predicted molar refractivity (Wildman–Crippen MR) is 91.7 cm³/mol. The molecule has 0 spiro atoms. The number of aromatic nitrogens is 3. The summed E-state index contributed by atoms with van der Waals surface area (Å²) in [5.74, 6) is 0. The van der Waals surface area contributed by atoms with Crippen molar-refractivity contribution in [1.29, 1.82) is 0 Å². The van der Waals surface area contributed by atoms with Crippen molar-refractivity contribution in [2.24, 2.45) is 0 Å². The topological polar surface area (TPSA) is 60.2 Å². The van der Waals surface area contributed by atoms with Crippen LogP contribution in [-0.4, -0.2) is 41.1 Å². The first kappa shape index (κ1) is 17.4. The smallest absolute Gasteiger partial charge is 0.192 e. The second-order valence-corrected chi connectivity index (χ2v) is 12.4. The van der Waals surface area contributed by atoms with E-state index in [1.54, 1.807) is 12.1 Å². The van der Waals surface area contributed by atoms with Gasteiger partial charge in [-0.15, -0.1) is 0 Å². The van der Waals surface area contributed by atoms with Crippen LogP contribution in [0.2, 0.25) is 23.2 Å². The zero-order valence-electron chi connectivity index (χ0n) is 13.8. The third kappa shape index (κ3) is 4.07. The Morgan fingerprint density at radius 2 is 1.91 bits per heavy atom. The molecule has 1 N–H and O–H groups in total. The monoisotopic (exact) mass is 341 g/mol. The normalized spacial score (nSPS) is 14.5. The number of hydrogen-bond donors (Lipinski definition) is 1. The van der Waals surface area contributed by atoms with Crippen molar-refractivity contribution in [3.05, 3.63) is 23.2 Å². The minimum atomic E-state index is -1.85. The highest BCUT2D eigenvalue weighted by molar-refractivity contribution is 6.74. The molecular weight excluding hydrogens is 318 g/mol. The van der Waals surface area contributed by atoms with Crippen LogP contribution in [0.4, 0.5) is 0 Å². The molecular formula is C15H24ClN3O2Si. The van der Waals surface area contributed by atoms with Crippen molar-refractivity contribution in [2.75, 3.05) is 6.61 Å². The Balaban J connectivity index is 1.97. The molecule has 0 saturated carbocycles. The van der Waals surface area contributed by atoms with Gasteiger partial charge in [0.25, 0.3) is 0 Å². The van der Waals surface area contributed by atoms with Crippen molar-refractivity contribution < 1.29 is 9.53 Å². The summed E-state index contributed by atoms with van der Waals surface area (Å²) < 4.78 is 6.02. The van der Waals surface area contributed by atoms with Gasteiger partial charge in [0.15, 0.2) is 8.32 Å². The summed E-state index contributed by atoms with van der Waals surface area (Å²) in [6.07, 6.45) is -0.633. The summed E-state index contributed by atoms with van der Waals surface area (Å²) in [5.41, 5.74) is 1.49. The lowest BCUT2D eigenvalue weighted by molar-refractivity contribution is 0.0794. The van der Waals surface area contributed by atoms with Crippen molar-refractivity contribution in [3.63, 3.8) is 0 Å². The van der Waals surface area contributed by atoms with Gasteiger partial charge in [-0.25, -0.2) is 0 Å². The molecule has 1 unspecified atom stereocenters. The largest absolute Gasteiger partial charge is 0.414 e. The quantitative estimate of drug-likeness (QED) is 0.846. The summed E-state index contributed by atoms with van der Waals surface area (Å²) >= 11 is 5.93. The molecule has 0 bridgehead atoms. The fourth-order valence-corrected chi connectivity index (χ4v) is 2.98. The number of halogens is 1. The van der Waals surface area contributed by atoms with Crippen molar-refractivity contribution in [1.82, 2.24) is 15.0 Å². The van der Waals surface area contributed by atoms with Crippen molar-refractivity contribution >= 4 is 31.0 Å². The van der Waals surface area contributed by atoms with Crippen LogP contribution >= 0.6 is 11.6 Å². The van der Waals surface area contributed by atoms with E-state index in [1.807, 2.05) is 6.07 Å². The van der Waals surface area contributed by atoms with E-state index in [1.165, 1.54) is 4.80 Å². The van der Waals surface area contributed by atoms with Crippen molar-refractivity contribution in [2.45, 2.75) is 51.6 Å². The van der Waals surface area contributed by atoms with Gasteiger partial charge in [0.05, 0.1) is 19.3 Å². The maximum Gasteiger partial charge on any atom is 0.192 e. The molecule has 122 valence electrons. The molecule has 0 fully saturated rings. The highest BCUT2D eigenvalue weighted by atomic mass is 35.5. The van der Waals surface area contributed by atoms with Crippen LogP contribution in [0.15, 0.2) is 18.2 Å². The van der Waals surface area contributed by atoms with Crippen molar-refractivity contribution in [3.8, 4) is 0 Å². The lowest BCUT2D eigenvalue weighted by Crippen LogP contribution is -2.43. The third-order valence-electron chi connectivity index (χ3n) is 4.20. The number of hydrogen-bond acceptors (Lipinski definition) is 4. The molecule has 0 amide bonds. The van der Waals surface area contributed by atoms with E-state index < -0.39 is 14.4 Å². The number of aliphatic hydroxyl groups is 1. The average Bonchev–Trinajstić information content (AvgIpc) is 2.76. The van der Waals surface area contributed by atoms with E-state index in [2.05, 4.69) is 44.1 Å². The molecule has 22 heavy (non-hydrogen) atoms. The van der Waals surface area contributed by atoms with Gasteiger partial charge in [0.1, 0.15) is 11.0 Å². The first-order valence-electron chi connectivity index (χ1n) is 7.41. The van der Waals surface area contributed by atoms with E-state index in [0.29, 0.717) is 18.2 Å². The second kappa shape index (κ2) is 6.27. The summed E-state index contributed by atoms with van der Waals surface area (Å²) in [5, 5.41) is 19.6. The molecule has 5 nitrogen and oxygen atoms in total. The fraction of sp³-hybridized carbons (Fsp3) is 0.600. The van der Waals surface area contributed by atoms with Crippen LogP contribution < -0.4 is 0 Å². The van der Waals surface area contributed by atoms with Crippen LogP contribution in [0.5, 0.6) is 0 Å². The van der Waals surface area contributed by atoms with Gasteiger partial charge in [-0.1, -0.05) is 32.4 Å². The number of aliphatic hydroxyl groups excluding tert-OH is 1. The van der Waals surface area contributed by atoms with Gasteiger partial charge >= 0.3 is 0 Å². The maximum atomic E-state index is 10.2. The molecule has 0 aliphatic carbocycles. The Morgan fingerprint density at radius 1 is 1.27 bits per heavy atom.